The molecule has 2 fully saturated rings. The van der Waals surface area contributed by atoms with E-state index in [0.717, 1.165) is 12.2 Å². The molecule has 2 aliphatic rings. The summed E-state index contributed by atoms with van der Waals surface area (Å²) in [5.41, 5.74) is -0.349. The number of thioether (sulfide) groups is 1. The smallest absolute Gasteiger partial charge is 0.448 e. The van der Waals surface area contributed by atoms with Crippen molar-refractivity contribution in [1.82, 2.24) is 15.3 Å². The first kappa shape index (κ1) is 15.4. The zero-order valence-electron chi connectivity index (χ0n) is 11.8. The van der Waals surface area contributed by atoms with E-state index in [-0.39, 0.29) is 17.6 Å². The first-order valence-corrected chi connectivity index (χ1v) is 8.08. The molecule has 114 valence electrons. The maximum Gasteiger partial charge on any atom is 0.525 e. The first-order valence-electron chi connectivity index (χ1n) is 6.69. The van der Waals surface area contributed by atoms with Crippen molar-refractivity contribution in [1.29, 1.82) is 0 Å². The van der Waals surface area contributed by atoms with Gasteiger partial charge in [-0.1, -0.05) is 0 Å². The Morgan fingerprint density at radius 1 is 1.55 bits per heavy atom. The maximum absolute atomic E-state index is 12.3. The Hall–Kier alpha value is -0.990. The maximum atomic E-state index is 12.3. The molecule has 2 saturated heterocycles. The third kappa shape index (κ3) is 3.02. The van der Waals surface area contributed by atoms with Crippen molar-refractivity contribution in [3.63, 3.8) is 0 Å². The van der Waals surface area contributed by atoms with Crippen LogP contribution in [0, 0.1) is 0 Å². The molecule has 7 nitrogen and oxygen atoms in total. The monoisotopic (exact) mass is 303 g/mol. The molecule has 0 aromatic rings. The summed E-state index contributed by atoms with van der Waals surface area (Å²) in [7, 11) is 1.82. The summed E-state index contributed by atoms with van der Waals surface area (Å²) in [4.78, 5) is 29.2. The van der Waals surface area contributed by atoms with Crippen LogP contribution in [-0.2, 0) is 9.63 Å². The van der Waals surface area contributed by atoms with E-state index >= 15 is 0 Å². The van der Waals surface area contributed by atoms with Gasteiger partial charge in [-0.05, 0) is 18.4 Å². The van der Waals surface area contributed by atoms with Gasteiger partial charge in [0.15, 0.2) is 0 Å². The number of hydrogen-bond acceptors (Lipinski definition) is 6. The molecular weight excluding hydrogens is 282 g/mol. The fourth-order valence-electron chi connectivity index (χ4n) is 2.90. The fraction of sp³-hybridized carbons (Fsp3) is 0.833. The number of rotatable bonds is 4. The summed E-state index contributed by atoms with van der Waals surface area (Å²) >= 11 is 1.73. The zero-order chi connectivity index (χ0) is 14.8. The first-order chi connectivity index (χ1) is 9.48. The fourth-order valence-corrected chi connectivity index (χ4v) is 3.37. The Morgan fingerprint density at radius 2 is 2.20 bits per heavy atom. The second-order valence-corrected chi connectivity index (χ2v) is 6.18. The van der Waals surface area contributed by atoms with Gasteiger partial charge in [-0.25, -0.2) is 4.79 Å². The van der Waals surface area contributed by atoms with Crippen LogP contribution in [0.15, 0.2) is 0 Å². The van der Waals surface area contributed by atoms with Crippen LogP contribution >= 0.6 is 11.8 Å². The summed E-state index contributed by atoms with van der Waals surface area (Å²) in [6.07, 6.45) is 2.89. The van der Waals surface area contributed by atoms with Crippen LogP contribution in [0.25, 0.3) is 0 Å². The molecule has 0 bridgehead atoms. The summed E-state index contributed by atoms with van der Waals surface area (Å²) in [5.74, 6) is 1.08. The van der Waals surface area contributed by atoms with Gasteiger partial charge in [-0.3, -0.25) is 10.1 Å². The lowest BCUT2D eigenvalue weighted by molar-refractivity contribution is -0.153. The number of hydrogen-bond donors (Lipinski definition) is 2. The SMILES string of the molecule is CSCCC1NC2(CCN(OC(=O)O)CC2)N(C)C1=O. The van der Waals surface area contributed by atoms with Crippen molar-refractivity contribution in [2.75, 3.05) is 32.1 Å². The topological polar surface area (TPSA) is 82.1 Å². The molecule has 1 spiro atoms. The molecule has 1 atom stereocenters. The molecule has 2 N–H and O–H groups in total. The number of carbonyl (C=O) groups is 2. The van der Waals surface area contributed by atoms with Crippen LogP contribution in [-0.4, -0.2) is 71.0 Å². The van der Waals surface area contributed by atoms with Crippen molar-refractivity contribution in [3.8, 4) is 0 Å². The van der Waals surface area contributed by atoms with Gasteiger partial charge in [-0.15, -0.1) is 5.06 Å². The molecule has 0 aliphatic carbocycles. The van der Waals surface area contributed by atoms with E-state index in [2.05, 4.69) is 10.2 Å². The zero-order valence-corrected chi connectivity index (χ0v) is 12.6. The highest BCUT2D eigenvalue weighted by molar-refractivity contribution is 7.98. The van der Waals surface area contributed by atoms with Gasteiger partial charge < -0.3 is 14.8 Å². The minimum atomic E-state index is -1.29. The number of amides is 1. The Bertz CT molecular complexity index is 385. The third-order valence-electron chi connectivity index (χ3n) is 4.08. The predicted molar refractivity (Wildman–Crippen MR) is 75.3 cm³/mol. The molecule has 1 unspecified atom stereocenters. The van der Waals surface area contributed by atoms with Crippen molar-refractivity contribution >= 4 is 23.8 Å². The number of nitrogens with zero attached hydrogens (tertiary/aromatic N) is 2. The molecule has 0 aromatic carbocycles. The van der Waals surface area contributed by atoms with E-state index in [4.69, 9.17) is 5.11 Å². The Morgan fingerprint density at radius 3 is 2.75 bits per heavy atom. The largest absolute Gasteiger partial charge is 0.525 e. The number of hydroxylamine groups is 2. The van der Waals surface area contributed by atoms with Crippen LogP contribution in [0.5, 0.6) is 0 Å². The highest BCUT2D eigenvalue weighted by atomic mass is 32.2. The molecule has 20 heavy (non-hydrogen) atoms. The van der Waals surface area contributed by atoms with Gasteiger partial charge >= 0.3 is 6.16 Å². The van der Waals surface area contributed by atoms with Gasteiger partial charge in [0.25, 0.3) is 0 Å². The molecular formula is C12H21N3O4S. The summed E-state index contributed by atoms with van der Waals surface area (Å²) < 4.78 is 0. The summed E-state index contributed by atoms with van der Waals surface area (Å²) in [5, 5.41) is 13.5. The second-order valence-electron chi connectivity index (χ2n) is 5.19. The highest BCUT2D eigenvalue weighted by Gasteiger charge is 2.49. The Kier molecular flexibility index (Phi) is 4.77. The van der Waals surface area contributed by atoms with Crippen LogP contribution in [0.2, 0.25) is 0 Å². The number of piperidine rings is 1. The number of nitrogens with one attached hydrogen (secondary N) is 1. The highest BCUT2D eigenvalue weighted by Crippen LogP contribution is 2.32. The quantitative estimate of drug-likeness (QED) is 0.785. The number of carboxylic acid groups (broad SMARTS) is 1. The molecule has 0 saturated carbocycles. The molecule has 2 aliphatic heterocycles. The average molecular weight is 303 g/mol. The van der Waals surface area contributed by atoms with E-state index in [0.29, 0.717) is 25.9 Å². The summed E-state index contributed by atoms with van der Waals surface area (Å²) in [6, 6.07) is -0.126. The lowest BCUT2D eigenvalue weighted by atomic mass is 9.97. The Labute approximate surface area is 122 Å². The van der Waals surface area contributed by atoms with Gasteiger partial charge in [0.1, 0.15) is 0 Å². The van der Waals surface area contributed by atoms with Crippen molar-refractivity contribution < 1.29 is 19.5 Å². The van der Waals surface area contributed by atoms with Crippen LogP contribution < -0.4 is 5.32 Å². The minimum absolute atomic E-state index is 0.126. The standard InChI is InChI=1S/C12H21N3O4S/c1-14-10(16)9(3-8-20-2)13-12(14)4-6-15(7-5-12)19-11(17)18/h9,13H,3-8H2,1-2H3,(H,17,18). The van der Waals surface area contributed by atoms with Gasteiger partial charge in [-0.2, -0.15) is 11.8 Å². The van der Waals surface area contributed by atoms with E-state index in [1.54, 1.807) is 16.7 Å². The van der Waals surface area contributed by atoms with Crippen LogP contribution in [0.4, 0.5) is 4.79 Å². The van der Waals surface area contributed by atoms with E-state index < -0.39 is 6.16 Å². The molecule has 1 amide bonds. The lowest BCUT2D eigenvalue weighted by Gasteiger charge is -2.42. The molecule has 0 radical (unpaired) electrons. The molecule has 2 rings (SSSR count). The average Bonchev–Trinajstić information content (AvgIpc) is 2.64. The van der Waals surface area contributed by atoms with Crippen LogP contribution in [0.3, 0.4) is 0 Å². The normalized spacial score (nSPS) is 26.2. The molecule has 8 heteroatoms. The van der Waals surface area contributed by atoms with Gasteiger partial charge in [0.2, 0.25) is 5.91 Å². The second kappa shape index (κ2) is 6.19. The van der Waals surface area contributed by atoms with E-state index in [9.17, 15) is 9.59 Å². The van der Waals surface area contributed by atoms with E-state index in [1.807, 2.05) is 13.3 Å². The molecule has 0 aromatic heterocycles. The lowest BCUT2D eigenvalue weighted by Crippen LogP contribution is -2.57. The summed E-state index contributed by atoms with van der Waals surface area (Å²) in [6.45, 7) is 0.984. The number of likely N-dealkylation sites (N-methyl/N-ethyl adjacent to an activating group) is 1. The van der Waals surface area contributed by atoms with Crippen molar-refractivity contribution in [2.24, 2.45) is 0 Å². The predicted octanol–water partition coefficient (Wildman–Crippen LogP) is 0.571. The van der Waals surface area contributed by atoms with Gasteiger partial charge in [0, 0.05) is 33.0 Å². The molecule has 2 heterocycles. The minimum Gasteiger partial charge on any atom is -0.448 e. The third-order valence-corrected chi connectivity index (χ3v) is 4.72. The van der Waals surface area contributed by atoms with Crippen LogP contribution in [0.1, 0.15) is 19.3 Å². The van der Waals surface area contributed by atoms with E-state index in [1.165, 1.54) is 5.06 Å². The van der Waals surface area contributed by atoms with Crippen molar-refractivity contribution in [2.45, 2.75) is 31.0 Å². The Balaban J connectivity index is 1.95. The van der Waals surface area contributed by atoms with Gasteiger partial charge in [0.05, 0.1) is 11.7 Å². The number of carbonyl (C=O) groups excluding carboxylic acids is 1. The van der Waals surface area contributed by atoms with Crippen molar-refractivity contribution in [3.05, 3.63) is 0 Å².